The summed E-state index contributed by atoms with van der Waals surface area (Å²) in [6.07, 6.45) is 10.7. The van der Waals surface area contributed by atoms with E-state index < -0.39 is 16.8 Å². The van der Waals surface area contributed by atoms with Crippen molar-refractivity contribution >= 4 is 28.4 Å². The molecule has 3 N–H and O–H groups in total. The average Bonchev–Trinajstić information content (AvgIpc) is 2.65. The Morgan fingerprint density at radius 1 is 1.19 bits per heavy atom. The van der Waals surface area contributed by atoms with Crippen LogP contribution in [0.2, 0.25) is 0 Å². The number of hydrogen-bond donors (Lipinski definition) is 3. The molecule has 0 heterocycles. The fourth-order valence-corrected chi connectivity index (χ4v) is 4.50. The van der Waals surface area contributed by atoms with Gasteiger partial charge in [-0.1, -0.05) is 37.3 Å². The minimum Gasteiger partial charge on any atom is -0.344 e. The molecule has 140 valence electrons. The zero-order valence-corrected chi connectivity index (χ0v) is 15.6. The molecule has 1 aromatic carbocycles. The van der Waals surface area contributed by atoms with Crippen LogP contribution in [-0.4, -0.2) is 34.5 Å². The van der Waals surface area contributed by atoms with Gasteiger partial charge in [0.25, 0.3) is 0 Å². The standard InChI is InChI=1S/C19H25N3O3S/c1-2-11-20-18(23)13-21-19(24)22-16-8-6-7-15(12-16)14-26(25)17-9-4-3-5-10-17/h1,6-8,12,17H,3-5,9-11,13-14H2,(H,20,23)(H2,21,22,24). The minimum absolute atomic E-state index is 0.127. The molecule has 3 amide bonds. The maximum atomic E-state index is 12.5. The molecule has 1 fully saturated rings. The van der Waals surface area contributed by atoms with Gasteiger partial charge in [0.15, 0.2) is 0 Å². The normalized spacial score (nSPS) is 15.5. The highest BCUT2D eigenvalue weighted by Crippen LogP contribution is 2.24. The Morgan fingerprint density at radius 3 is 2.69 bits per heavy atom. The van der Waals surface area contributed by atoms with E-state index in [0.717, 1.165) is 31.2 Å². The van der Waals surface area contributed by atoms with E-state index >= 15 is 0 Å². The van der Waals surface area contributed by atoms with Gasteiger partial charge < -0.3 is 16.0 Å². The largest absolute Gasteiger partial charge is 0.344 e. The molecule has 1 atom stereocenters. The second-order valence-corrected chi connectivity index (χ2v) is 7.99. The van der Waals surface area contributed by atoms with Gasteiger partial charge in [-0.2, -0.15) is 0 Å². The van der Waals surface area contributed by atoms with Crippen molar-refractivity contribution < 1.29 is 13.8 Å². The third-order valence-corrected chi connectivity index (χ3v) is 6.05. The zero-order chi connectivity index (χ0) is 18.8. The van der Waals surface area contributed by atoms with Crippen molar-refractivity contribution in [2.45, 2.75) is 43.1 Å². The monoisotopic (exact) mass is 375 g/mol. The Morgan fingerprint density at radius 2 is 1.96 bits per heavy atom. The lowest BCUT2D eigenvalue weighted by atomic mass is 10.0. The summed E-state index contributed by atoms with van der Waals surface area (Å²) >= 11 is 0. The van der Waals surface area contributed by atoms with E-state index in [1.54, 1.807) is 6.07 Å². The Labute approximate surface area is 157 Å². The highest BCUT2D eigenvalue weighted by molar-refractivity contribution is 7.84. The van der Waals surface area contributed by atoms with Crippen LogP contribution in [0.4, 0.5) is 10.5 Å². The van der Waals surface area contributed by atoms with E-state index in [0.29, 0.717) is 11.4 Å². The van der Waals surface area contributed by atoms with Crippen LogP contribution in [0.15, 0.2) is 24.3 Å². The first kappa shape index (κ1) is 20.0. The summed E-state index contributed by atoms with van der Waals surface area (Å²) in [5.41, 5.74) is 1.53. The van der Waals surface area contributed by atoms with Gasteiger partial charge in [0.2, 0.25) is 5.91 Å². The van der Waals surface area contributed by atoms with E-state index in [1.807, 2.05) is 18.2 Å². The van der Waals surface area contributed by atoms with Crippen molar-refractivity contribution in [2.24, 2.45) is 0 Å². The van der Waals surface area contributed by atoms with Crippen LogP contribution in [0.5, 0.6) is 0 Å². The SMILES string of the molecule is C#CCNC(=O)CNC(=O)Nc1cccc(CS(=O)C2CCCCC2)c1. The molecule has 0 bridgehead atoms. The molecule has 0 aliphatic heterocycles. The lowest BCUT2D eigenvalue weighted by Gasteiger charge is -2.21. The number of urea groups is 1. The van der Waals surface area contributed by atoms with E-state index in [-0.39, 0.29) is 24.2 Å². The van der Waals surface area contributed by atoms with Crippen LogP contribution in [0.25, 0.3) is 0 Å². The van der Waals surface area contributed by atoms with Gasteiger partial charge in [0.1, 0.15) is 0 Å². The predicted octanol–water partition coefficient (Wildman–Crippen LogP) is 2.14. The van der Waals surface area contributed by atoms with Crippen LogP contribution in [0.1, 0.15) is 37.7 Å². The summed E-state index contributed by atoms with van der Waals surface area (Å²) in [7, 11) is -0.889. The third-order valence-electron chi connectivity index (χ3n) is 4.21. The molecule has 1 saturated carbocycles. The fraction of sp³-hybridized carbons (Fsp3) is 0.474. The fourth-order valence-electron chi connectivity index (χ4n) is 2.90. The van der Waals surface area contributed by atoms with Crippen molar-refractivity contribution in [3.8, 4) is 12.3 Å². The Balaban J connectivity index is 1.82. The summed E-state index contributed by atoms with van der Waals surface area (Å²) in [6, 6.07) is 6.83. The van der Waals surface area contributed by atoms with Gasteiger partial charge in [0, 0.05) is 27.5 Å². The number of amides is 3. The second-order valence-electron chi connectivity index (χ2n) is 6.27. The zero-order valence-electron chi connectivity index (χ0n) is 14.8. The van der Waals surface area contributed by atoms with Gasteiger partial charge >= 0.3 is 6.03 Å². The minimum atomic E-state index is -0.889. The van der Waals surface area contributed by atoms with Crippen molar-refractivity contribution in [2.75, 3.05) is 18.4 Å². The predicted molar refractivity (Wildman–Crippen MR) is 104 cm³/mol. The molecule has 1 aliphatic carbocycles. The molecule has 1 aromatic rings. The number of carbonyl (C=O) groups is 2. The lowest BCUT2D eigenvalue weighted by molar-refractivity contribution is -0.119. The molecule has 1 aliphatic rings. The number of benzene rings is 1. The van der Waals surface area contributed by atoms with Crippen LogP contribution in [0, 0.1) is 12.3 Å². The maximum Gasteiger partial charge on any atom is 0.319 e. The first-order valence-electron chi connectivity index (χ1n) is 8.79. The molecule has 0 spiro atoms. The highest BCUT2D eigenvalue weighted by atomic mass is 32.2. The van der Waals surface area contributed by atoms with Crippen molar-refractivity contribution in [1.29, 1.82) is 0 Å². The van der Waals surface area contributed by atoms with E-state index in [4.69, 9.17) is 6.42 Å². The van der Waals surface area contributed by atoms with Gasteiger partial charge in [0.05, 0.1) is 13.1 Å². The topological polar surface area (TPSA) is 87.3 Å². The van der Waals surface area contributed by atoms with Crippen molar-refractivity contribution in [1.82, 2.24) is 10.6 Å². The molecule has 2 rings (SSSR count). The molecule has 0 saturated heterocycles. The first-order chi connectivity index (χ1) is 12.6. The smallest absolute Gasteiger partial charge is 0.319 e. The number of nitrogens with one attached hydrogen (secondary N) is 3. The second kappa shape index (κ2) is 10.6. The van der Waals surface area contributed by atoms with Crippen LogP contribution >= 0.6 is 0 Å². The van der Waals surface area contributed by atoms with Crippen molar-refractivity contribution in [3.63, 3.8) is 0 Å². The quantitative estimate of drug-likeness (QED) is 0.638. The summed E-state index contributed by atoms with van der Waals surface area (Å²) in [6.45, 7) is -0.0266. The summed E-state index contributed by atoms with van der Waals surface area (Å²) in [4.78, 5) is 23.3. The molecule has 7 heteroatoms. The molecular weight excluding hydrogens is 350 g/mol. The van der Waals surface area contributed by atoms with Gasteiger partial charge in [-0.15, -0.1) is 6.42 Å². The number of terminal acetylenes is 1. The summed E-state index contributed by atoms with van der Waals surface area (Å²) < 4.78 is 12.5. The van der Waals surface area contributed by atoms with Gasteiger partial charge in [-0.05, 0) is 30.5 Å². The molecule has 26 heavy (non-hydrogen) atoms. The molecule has 1 unspecified atom stereocenters. The molecule has 0 radical (unpaired) electrons. The van der Waals surface area contributed by atoms with E-state index in [1.165, 1.54) is 6.42 Å². The first-order valence-corrected chi connectivity index (χ1v) is 10.2. The van der Waals surface area contributed by atoms with Crippen molar-refractivity contribution in [3.05, 3.63) is 29.8 Å². The number of hydrogen-bond acceptors (Lipinski definition) is 3. The number of anilines is 1. The van der Waals surface area contributed by atoms with Crippen LogP contribution < -0.4 is 16.0 Å². The van der Waals surface area contributed by atoms with Gasteiger partial charge in [-0.3, -0.25) is 9.00 Å². The molecular formula is C19H25N3O3S. The van der Waals surface area contributed by atoms with Crippen LogP contribution in [-0.2, 0) is 21.3 Å². The van der Waals surface area contributed by atoms with Gasteiger partial charge in [-0.25, -0.2) is 4.79 Å². The summed E-state index contributed by atoms with van der Waals surface area (Å²) in [5, 5.41) is 7.88. The maximum absolute atomic E-state index is 12.5. The average molecular weight is 375 g/mol. The number of rotatable bonds is 7. The lowest BCUT2D eigenvalue weighted by Crippen LogP contribution is -2.39. The highest BCUT2D eigenvalue weighted by Gasteiger charge is 2.19. The Bertz CT molecular complexity index is 694. The Kier molecular flexibility index (Phi) is 8.16. The Hall–Kier alpha value is -2.33. The van der Waals surface area contributed by atoms with E-state index in [2.05, 4.69) is 21.9 Å². The van der Waals surface area contributed by atoms with Crippen LogP contribution in [0.3, 0.4) is 0 Å². The van der Waals surface area contributed by atoms with E-state index in [9.17, 15) is 13.8 Å². The molecule has 6 nitrogen and oxygen atoms in total. The number of carbonyl (C=O) groups excluding carboxylic acids is 2. The molecule has 0 aromatic heterocycles. The summed E-state index contributed by atoms with van der Waals surface area (Å²) in [5.74, 6) is 2.43. The third kappa shape index (κ3) is 6.89.